The van der Waals surface area contributed by atoms with E-state index in [9.17, 15) is 4.79 Å². The molecule has 0 bridgehead atoms. The Kier molecular flexibility index (Phi) is 2.76. The maximum atomic E-state index is 11.1. The number of thioether (sulfide) groups is 2. The molecule has 0 unspecified atom stereocenters. The number of hydrogen-bond acceptors (Lipinski definition) is 3. The number of carbonyl (C=O) groups is 1. The molecule has 13 heavy (non-hydrogen) atoms. The Labute approximate surface area is 85.6 Å². The standard InChI is InChI=1S/C10H8OS2/c11-10-12-7-6-9(13-10)8-4-2-1-3-5-8/h1-6H,7H2. The first-order chi connectivity index (χ1) is 6.36. The minimum Gasteiger partial charge on any atom is -0.274 e. The normalized spacial score (nSPS) is 16.9. The smallest absolute Gasteiger partial charge is 0.251 e. The summed E-state index contributed by atoms with van der Waals surface area (Å²) in [5.74, 6) is 0.802. The summed E-state index contributed by atoms with van der Waals surface area (Å²) in [6, 6.07) is 10.0. The summed E-state index contributed by atoms with van der Waals surface area (Å²) in [6.45, 7) is 0. The fourth-order valence-electron chi connectivity index (χ4n) is 1.13. The van der Waals surface area contributed by atoms with Crippen molar-refractivity contribution < 1.29 is 4.79 Å². The number of hydrogen-bond donors (Lipinski definition) is 0. The van der Waals surface area contributed by atoms with Crippen molar-refractivity contribution in [1.29, 1.82) is 0 Å². The van der Waals surface area contributed by atoms with E-state index in [1.165, 1.54) is 23.5 Å². The van der Waals surface area contributed by atoms with E-state index in [0.717, 1.165) is 16.2 Å². The van der Waals surface area contributed by atoms with Crippen LogP contribution in [0, 0.1) is 0 Å². The van der Waals surface area contributed by atoms with Crippen molar-refractivity contribution >= 4 is 32.9 Å². The summed E-state index contributed by atoms with van der Waals surface area (Å²) in [5.41, 5.74) is 1.14. The molecule has 0 saturated heterocycles. The van der Waals surface area contributed by atoms with Gasteiger partial charge in [-0.2, -0.15) is 0 Å². The first kappa shape index (κ1) is 8.91. The van der Waals surface area contributed by atoms with Gasteiger partial charge in [0.1, 0.15) is 0 Å². The van der Waals surface area contributed by atoms with Crippen LogP contribution in [0.3, 0.4) is 0 Å². The van der Waals surface area contributed by atoms with Crippen molar-refractivity contribution in [1.82, 2.24) is 0 Å². The van der Waals surface area contributed by atoms with Crippen LogP contribution in [0.25, 0.3) is 4.91 Å². The molecule has 1 aliphatic heterocycles. The Hall–Kier alpha value is -0.670. The Morgan fingerprint density at radius 2 is 1.92 bits per heavy atom. The lowest BCUT2D eigenvalue weighted by atomic mass is 10.2. The lowest BCUT2D eigenvalue weighted by molar-refractivity contribution is 0.276. The van der Waals surface area contributed by atoms with Gasteiger partial charge in [0.2, 0.25) is 0 Å². The quantitative estimate of drug-likeness (QED) is 0.701. The average Bonchev–Trinajstić information content (AvgIpc) is 2.19. The Bertz CT molecular complexity index is 343. The van der Waals surface area contributed by atoms with E-state index >= 15 is 0 Å². The topological polar surface area (TPSA) is 17.1 Å². The fourth-order valence-corrected chi connectivity index (χ4v) is 2.93. The summed E-state index contributed by atoms with van der Waals surface area (Å²) in [4.78, 5) is 12.2. The van der Waals surface area contributed by atoms with Gasteiger partial charge in [-0.3, -0.25) is 4.79 Å². The van der Waals surface area contributed by atoms with E-state index in [1.807, 2.05) is 30.3 Å². The molecule has 1 aromatic rings. The summed E-state index contributed by atoms with van der Waals surface area (Å²) in [5, 5.41) is 0. The predicted octanol–water partition coefficient (Wildman–Crippen LogP) is 3.63. The lowest BCUT2D eigenvalue weighted by Crippen LogP contribution is -1.92. The first-order valence-corrected chi connectivity index (χ1v) is 5.76. The Morgan fingerprint density at radius 1 is 1.15 bits per heavy atom. The van der Waals surface area contributed by atoms with Crippen LogP contribution in [0.5, 0.6) is 0 Å². The monoisotopic (exact) mass is 208 g/mol. The zero-order valence-corrected chi connectivity index (χ0v) is 8.53. The molecule has 0 amide bonds. The molecule has 0 aromatic heterocycles. The zero-order chi connectivity index (χ0) is 9.10. The van der Waals surface area contributed by atoms with Crippen molar-refractivity contribution in [3.8, 4) is 0 Å². The first-order valence-electron chi connectivity index (χ1n) is 3.96. The molecule has 0 N–H and O–H groups in total. The van der Waals surface area contributed by atoms with E-state index in [0.29, 0.717) is 0 Å². The van der Waals surface area contributed by atoms with Gasteiger partial charge in [0.25, 0.3) is 4.45 Å². The highest BCUT2D eigenvalue weighted by Gasteiger charge is 2.13. The second kappa shape index (κ2) is 4.03. The summed E-state index contributed by atoms with van der Waals surface area (Å²) >= 11 is 2.69. The van der Waals surface area contributed by atoms with E-state index in [-0.39, 0.29) is 4.45 Å². The molecular weight excluding hydrogens is 200 g/mol. The van der Waals surface area contributed by atoms with E-state index in [1.54, 1.807) is 0 Å². The van der Waals surface area contributed by atoms with Gasteiger partial charge in [-0.25, -0.2) is 0 Å². The molecule has 1 aromatic carbocycles. The van der Waals surface area contributed by atoms with Crippen molar-refractivity contribution in [3.63, 3.8) is 0 Å². The van der Waals surface area contributed by atoms with Crippen LogP contribution >= 0.6 is 23.5 Å². The van der Waals surface area contributed by atoms with Gasteiger partial charge in [-0.1, -0.05) is 48.2 Å². The molecule has 1 aliphatic rings. The van der Waals surface area contributed by atoms with Gasteiger partial charge < -0.3 is 0 Å². The number of benzene rings is 1. The lowest BCUT2D eigenvalue weighted by Gasteiger charge is -2.09. The SMILES string of the molecule is O=C1SCC=C(c2ccccc2)S1. The van der Waals surface area contributed by atoms with Gasteiger partial charge in [0.15, 0.2) is 0 Å². The molecule has 0 aliphatic carbocycles. The minimum absolute atomic E-state index is 0.196. The maximum absolute atomic E-state index is 11.1. The fraction of sp³-hybridized carbons (Fsp3) is 0.100. The third-order valence-corrected chi connectivity index (χ3v) is 3.68. The van der Waals surface area contributed by atoms with Crippen LogP contribution in [0.15, 0.2) is 36.4 Å². The molecule has 0 atom stereocenters. The van der Waals surface area contributed by atoms with Crippen molar-refractivity contribution in [2.24, 2.45) is 0 Å². The molecule has 66 valence electrons. The zero-order valence-electron chi connectivity index (χ0n) is 6.90. The molecular formula is C10H8OS2. The van der Waals surface area contributed by atoms with Crippen LogP contribution in [-0.2, 0) is 0 Å². The summed E-state index contributed by atoms with van der Waals surface area (Å²) < 4.78 is 0.196. The van der Waals surface area contributed by atoms with Crippen LogP contribution in [0.4, 0.5) is 4.79 Å². The largest absolute Gasteiger partial charge is 0.274 e. The van der Waals surface area contributed by atoms with Gasteiger partial charge >= 0.3 is 0 Å². The highest BCUT2D eigenvalue weighted by molar-refractivity contribution is 8.42. The molecule has 0 fully saturated rings. The molecule has 0 radical (unpaired) electrons. The average molecular weight is 208 g/mol. The summed E-state index contributed by atoms with van der Waals surface area (Å²) in [6.07, 6.45) is 2.10. The van der Waals surface area contributed by atoms with Crippen LogP contribution in [-0.4, -0.2) is 10.2 Å². The number of carbonyl (C=O) groups excluding carboxylic acids is 1. The van der Waals surface area contributed by atoms with Gasteiger partial charge in [-0.05, 0) is 17.3 Å². The van der Waals surface area contributed by atoms with Crippen molar-refractivity contribution in [2.75, 3.05) is 5.75 Å². The Morgan fingerprint density at radius 3 is 2.62 bits per heavy atom. The van der Waals surface area contributed by atoms with Crippen LogP contribution in [0.2, 0.25) is 0 Å². The van der Waals surface area contributed by atoms with E-state index in [2.05, 4.69) is 6.08 Å². The number of rotatable bonds is 1. The van der Waals surface area contributed by atoms with Crippen LogP contribution < -0.4 is 0 Å². The maximum Gasteiger partial charge on any atom is 0.251 e. The predicted molar refractivity (Wildman–Crippen MR) is 59.9 cm³/mol. The highest BCUT2D eigenvalue weighted by atomic mass is 32.2. The van der Waals surface area contributed by atoms with Gasteiger partial charge in [0.05, 0.1) is 0 Å². The van der Waals surface area contributed by atoms with Crippen LogP contribution in [0.1, 0.15) is 5.56 Å². The second-order valence-corrected chi connectivity index (χ2v) is 4.86. The van der Waals surface area contributed by atoms with E-state index < -0.39 is 0 Å². The highest BCUT2D eigenvalue weighted by Crippen LogP contribution is 2.36. The molecule has 2 rings (SSSR count). The van der Waals surface area contributed by atoms with Gasteiger partial charge in [-0.15, -0.1) is 0 Å². The third-order valence-electron chi connectivity index (χ3n) is 1.72. The second-order valence-electron chi connectivity index (χ2n) is 2.60. The molecule has 0 spiro atoms. The van der Waals surface area contributed by atoms with E-state index in [4.69, 9.17) is 0 Å². The third kappa shape index (κ3) is 2.17. The van der Waals surface area contributed by atoms with Crippen molar-refractivity contribution in [2.45, 2.75) is 0 Å². The molecule has 1 heterocycles. The van der Waals surface area contributed by atoms with Gasteiger partial charge in [0, 0.05) is 10.7 Å². The molecule has 1 nitrogen and oxygen atoms in total. The molecule has 0 saturated carbocycles. The minimum atomic E-state index is 0.196. The summed E-state index contributed by atoms with van der Waals surface area (Å²) in [7, 11) is 0. The molecule has 3 heteroatoms. The van der Waals surface area contributed by atoms with Crippen molar-refractivity contribution in [3.05, 3.63) is 42.0 Å². The Balaban J connectivity index is 2.27.